The molecule has 1 heterocycles. The fourth-order valence-corrected chi connectivity index (χ4v) is 2.61. The van der Waals surface area contributed by atoms with Crippen molar-refractivity contribution < 1.29 is 0 Å². The Morgan fingerprint density at radius 2 is 2.17 bits per heavy atom. The standard InChI is InChI=1S/C15H16N2S/c1-10-14(16-9-17-15(10)18)13-7-3-6-12(8-13)11-4-2-5-11/h3,6-9,11H,2,4-5H2,1H3,(H,16,17,18). The molecule has 0 radical (unpaired) electrons. The van der Waals surface area contributed by atoms with Crippen molar-refractivity contribution in [3.8, 4) is 11.3 Å². The van der Waals surface area contributed by atoms with Gasteiger partial charge < -0.3 is 4.98 Å². The Morgan fingerprint density at radius 1 is 1.33 bits per heavy atom. The Labute approximate surface area is 112 Å². The number of aromatic amines is 1. The van der Waals surface area contributed by atoms with E-state index in [2.05, 4.69) is 34.2 Å². The molecule has 3 rings (SSSR count). The number of hydrogen-bond donors (Lipinski definition) is 1. The van der Waals surface area contributed by atoms with Crippen LogP contribution in [0.4, 0.5) is 0 Å². The monoisotopic (exact) mass is 256 g/mol. The number of H-pyrrole nitrogens is 1. The third-order valence-electron chi connectivity index (χ3n) is 3.84. The van der Waals surface area contributed by atoms with Gasteiger partial charge in [0.15, 0.2) is 0 Å². The lowest BCUT2D eigenvalue weighted by atomic mass is 9.79. The van der Waals surface area contributed by atoms with E-state index in [0.29, 0.717) is 4.64 Å². The predicted octanol–water partition coefficient (Wildman–Crippen LogP) is 4.38. The highest BCUT2D eigenvalue weighted by Gasteiger charge is 2.19. The lowest BCUT2D eigenvalue weighted by Crippen LogP contribution is -2.08. The topological polar surface area (TPSA) is 28.7 Å². The zero-order valence-electron chi connectivity index (χ0n) is 10.4. The van der Waals surface area contributed by atoms with Crippen LogP contribution in [0.1, 0.15) is 36.3 Å². The summed E-state index contributed by atoms with van der Waals surface area (Å²) in [5.74, 6) is 0.759. The maximum Gasteiger partial charge on any atom is 0.132 e. The lowest BCUT2D eigenvalue weighted by Gasteiger charge is -2.26. The minimum absolute atomic E-state index is 0.679. The van der Waals surface area contributed by atoms with Gasteiger partial charge in [-0.15, -0.1) is 0 Å². The van der Waals surface area contributed by atoms with Gasteiger partial charge in [-0.05, 0) is 42.9 Å². The fourth-order valence-electron chi connectivity index (χ4n) is 2.46. The zero-order valence-corrected chi connectivity index (χ0v) is 11.3. The van der Waals surface area contributed by atoms with Crippen LogP contribution >= 0.6 is 12.2 Å². The first-order valence-corrected chi connectivity index (χ1v) is 6.81. The first-order chi connectivity index (χ1) is 8.75. The summed E-state index contributed by atoms with van der Waals surface area (Å²) < 4.78 is 0.679. The summed E-state index contributed by atoms with van der Waals surface area (Å²) in [4.78, 5) is 7.33. The SMILES string of the molecule is Cc1c(-c2cccc(C3CCC3)c2)[nH]cnc1=S. The van der Waals surface area contributed by atoms with E-state index in [9.17, 15) is 0 Å². The van der Waals surface area contributed by atoms with Crippen molar-refractivity contribution in [2.24, 2.45) is 0 Å². The second-order valence-corrected chi connectivity index (χ2v) is 5.35. The molecule has 2 aromatic rings. The van der Waals surface area contributed by atoms with Crippen molar-refractivity contribution in [3.63, 3.8) is 0 Å². The van der Waals surface area contributed by atoms with Crippen molar-refractivity contribution in [1.29, 1.82) is 0 Å². The van der Waals surface area contributed by atoms with E-state index in [1.165, 1.54) is 30.4 Å². The minimum Gasteiger partial charge on any atom is -0.346 e. The second-order valence-electron chi connectivity index (χ2n) is 4.96. The van der Waals surface area contributed by atoms with Crippen LogP contribution in [0.2, 0.25) is 0 Å². The van der Waals surface area contributed by atoms with Crippen LogP contribution in [0.5, 0.6) is 0 Å². The molecule has 3 heteroatoms. The van der Waals surface area contributed by atoms with Crippen LogP contribution in [-0.2, 0) is 0 Å². The van der Waals surface area contributed by atoms with Crippen LogP contribution in [0.3, 0.4) is 0 Å². The van der Waals surface area contributed by atoms with E-state index in [1.54, 1.807) is 6.33 Å². The molecule has 1 aliphatic carbocycles. The van der Waals surface area contributed by atoms with Gasteiger partial charge in [0.1, 0.15) is 4.64 Å². The largest absolute Gasteiger partial charge is 0.346 e. The predicted molar refractivity (Wildman–Crippen MR) is 76.2 cm³/mol. The highest BCUT2D eigenvalue weighted by molar-refractivity contribution is 7.71. The Hall–Kier alpha value is -1.48. The second kappa shape index (κ2) is 4.65. The Bertz CT molecular complexity index is 626. The number of hydrogen-bond acceptors (Lipinski definition) is 2. The molecule has 1 aliphatic rings. The Balaban J connectivity index is 2.05. The molecule has 1 saturated carbocycles. The van der Waals surface area contributed by atoms with Gasteiger partial charge >= 0.3 is 0 Å². The zero-order chi connectivity index (χ0) is 12.5. The van der Waals surface area contributed by atoms with Crippen LogP contribution in [0.15, 0.2) is 30.6 Å². The highest BCUT2D eigenvalue weighted by atomic mass is 32.1. The molecule has 0 aliphatic heterocycles. The van der Waals surface area contributed by atoms with Crippen molar-refractivity contribution >= 4 is 12.2 Å². The van der Waals surface area contributed by atoms with Crippen molar-refractivity contribution in [2.75, 3.05) is 0 Å². The minimum atomic E-state index is 0.679. The third kappa shape index (κ3) is 1.99. The van der Waals surface area contributed by atoms with E-state index >= 15 is 0 Å². The molecular formula is C15H16N2S. The lowest BCUT2D eigenvalue weighted by molar-refractivity contribution is 0.420. The third-order valence-corrected chi connectivity index (χ3v) is 4.25. The summed E-state index contributed by atoms with van der Waals surface area (Å²) in [6.45, 7) is 2.02. The molecule has 1 fully saturated rings. The molecule has 1 aromatic carbocycles. The maximum atomic E-state index is 5.23. The van der Waals surface area contributed by atoms with E-state index in [-0.39, 0.29) is 0 Å². The van der Waals surface area contributed by atoms with Crippen LogP contribution < -0.4 is 0 Å². The normalized spacial score (nSPS) is 15.4. The average molecular weight is 256 g/mol. The fraction of sp³-hybridized carbons (Fsp3) is 0.333. The number of benzene rings is 1. The summed E-state index contributed by atoms with van der Waals surface area (Å²) in [6, 6.07) is 8.80. The molecule has 0 atom stereocenters. The quantitative estimate of drug-likeness (QED) is 0.808. The molecule has 18 heavy (non-hydrogen) atoms. The molecular weight excluding hydrogens is 240 g/mol. The summed E-state index contributed by atoms with van der Waals surface area (Å²) >= 11 is 5.23. The highest BCUT2D eigenvalue weighted by Crippen LogP contribution is 2.37. The van der Waals surface area contributed by atoms with Gasteiger partial charge in [0.25, 0.3) is 0 Å². The van der Waals surface area contributed by atoms with Crippen molar-refractivity contribution in [1.82, 2.24) is 9.97 Å². The molecule has 0 amide bonds. The van der Waals surface area contributed by atoms with Crippen LogP contribution in [0.25, 0.3) is 11.3 Å². The van der Waals surface area contributed by atoms with E-state index < -0.39 is 0 Å². The summed E-state index contributed by atoms with van der Waals surface area (Å²) in [6.07, 6.45) is 5.70. The van der Waals surface area contributed by atoms with Crippen LogP contribution in [0, 0.1) is 11.6 Å². The molecule has 0 spiro atoms. The van der Waals surface area contributed by atoms with E-state index in [0.717, 1.165) is 17.2 Å². The van der Waals surface area contributed by atoms with Gasteiger partial charge in [-0.25, -0.2) is 4.98 Å². The molecule has 0 bridgehead atoms. The molecule has 92 valence electrons. The molecule has 2 nitrogen and oxygen atoms in total. The summed E-state index contributed by atoms with van der Waals surface area (Å²) in [7, 11) is 0. The Morgan fingerprint density at radius 3 is 2.89 bits per heavy atom. The molecule has 1 N–H and O–H groups in total. The van der Waals surface area contributed by atoms with Gasteiger partial charge in [0, 0.05) is 5.56 Å². The Kier molecular flexibility index (Phi) is 3.00. The first kappa shape index (κ1) is 11.6. The van der Waals surface area contributed by atoms with Crippen molar-refractivity contribution in [2.45, 2.75) is 32.1 Å². The number of rotatable bonds is 2. The van der Waals surface area contributed by atoms with Crippen molar-refractivity contribution in [3.05, 3.63) is 46.4 Å². The summed E-state index contributed by atoms with van der Waals surface area (Å²) in [5, 5.41) is 0. The van der Waals surface area contributed by atoms with E-state index in [1.807, 2.05) is 6.92 Å². The molecule has 1 aromatic heterocycles. The number of nitrogens with zero attached hydrogens (tertiary/aromatic N) is 1. The maximum absolute atomic E-state index is 5.23. The van der Waals surface area contributed by atoms with Gasteiger partial charge in [0.2, 0.25) is 0 Å². The number of aromatic nitrogens is 2. The van der Waals surface area contributed by atoms with Gasteiger partial charge in [-0.1, -0.05) is 36.8 Å². The van der Waals surface area contributed by atoms with E-state index in [4.69, 9.17) is 12.2 Å². The van der Waals surface area contributed by atoms with Gasteiger partial charge in [0.05, 0.1) is 12.0 Å². The van der Waals surface area contributed by atoms with Gasteiger partial charge in [-0.2, -0.15) is 0 Å². The number of nitrogens with one attached hydrogen (secondary N) is 1. The molecule has 0 saturated heterocycles. The van der Waals surface area contributed by atoms with Gasteiger partial charge in [-0.3, -0.25) is 0 Å². The molecule has 0 unspecified atom stereocenters. The van der Waals surface area contributed by atoms with Crippen LogP contribution in [-0.4, -0.2) is 9.97 Å². The average Bonchev–Trinajstić information content (AvgIpc) is 2.31. The summed E-state index contributed by atoms with van der Waals surface area (Å²) in [5.41, 5.74) is 4.81. The first-order valence-electron chi connectivity index (χ1n) is 6.40. The smallest absolute Gasteiger partial charge is 0.132 e.